The standard InChI is InChI=1S/C17H30N4/c1-7-12-8-9-13(11(12)2)19-15-10-14(18-6)20-16(21-15)17(3,4)5/h10-13H,7-9H2,1-6H3,(H2,18,19,20,21). The van der Waals surface area contributed by atoms with E-state index in [1.54, 1.807) is 0 Å². The lowest BCUT2D eigenvalue weighted by Crippen LogP contribution is -2.26. The van der Waals surface area contributed by atoms with Crippen molar-refractivity contribution >= 4 is 11.6 Å². The molecule has 1 aromatic heterocycles. The largest absolute Gasteiger partial charge is 0.373 e. The summed E-state index contributed by atoms with van der Waals surface area (Å²) < 4.78 is 0. The maximum atomic E-state index is 4.74. The van der Waals surface area contributed by atoms with Gasteiger partial charge in [0.05, 0.1) is 0 Å². The van der Waals surface area contributed by atoms with E-state index >= 15 is 0 Å². The molecule has 0 aromatic carbocycles. The van der Waals surface area contributed by atoms with Crippen LogP contribution >= 0.6 is 0 Å². The van der Waals surface area contributed by atoms with Gasteiger partial charge in [0.2, 0.25) is 0 Å². The molecular weight excluding hydrogens is 260 g/mol. The van der Waals surface area contributed by atoms with Crippen LogP contribution in [-0.2, 0) is 5.41 Å². The highest BCUT2D eigenvalue weighted by Gasteiger charge is 2.32. The molecule has 4 heteroatoms. The Morgan fingerprint density at radius 1 is 1.19 bits per heavy atom. The second-order valence-corrected chi connectivity index (χ2v) is 7.32. The third-order valence-corrected chi connectivity index (χ3v) is 4.74. The first kappa shape index (κ1) is 16.1. The summed E-state index contributed by atoms with van der Waals surface area (Å²) in [5.74, 6) is 4.27. The summed E-state index contributed by atoms with van der Waals surface area (Å²) in [6.07, 6.45) is 3.84. The van der Waals surface area contributed by atoms with Gasteiger partial charge in [-0.2, -0.15) is 0 Å². The van der Waals surface area contributed by atoms with Crippen molar-refractivity contribution in [3.8, 4) is 0 Å². The maximum Gasteiger partial charge on any atom is 0.138 e. The normalized spacial score (nSPS) is 25.9. The predicted molar refractivity (Wildman–Crippen MR) is 89.9 cm³/mol. The minimum absolute atomic E-state index is 0.0451. The molecule has 1 aliphatic carbocycles. The summed E-state index contributed by atoms with van der Waals surface area (Å²) in [5, 5.41) is 6.80. The number of anilines is 2. The number of hydrogen-bond donors (Lipinski definition) is 2. The van der Waals surface area contributed by atoms with Crippen molar-refractivity contribution in [2.45, 2.75) is 65.3 Å². The SMILES string of the molecule is CCC1CCC(Nc2cc(NC)nc(C(C)(C)C)n2)C1C. The van der Waals surface area contributed by atoms with Gasteiger partial charge >= 0.3 is 0 Å². The minimum Gasteiger partial charge on any atom is -0.373 e. The fraction of sp³-hybridized carbons (Fsp3) is 0.765. The van der Waals surface area contributed by atoms with E-state index in [2.05, 4.69) is 50.2 Å². The first-order valence-electron chi connectivity index (χ1n) is 8.19. The zero-order valence-electron chi connectivity index (χ0n) is 14.3. The molecule has 3 atom stereocenters. The van der Waals surface area contributed by atoms with Gasteiger partial charge in [0.15, 0.2) is 0 Å². The smallest absolute Gasteiger partial charge is 0.138 e. The third-order valence-electron chi connectivity index (χ3n) is 4.74. The van der Waals surface area contributed by atoms with Crippen molar-refractivity contribution in [3.63, 3.8) is 0 Å². The van der Waals surface area contributed by atoms with Gasteiger partial charge in [0.1, 0.15) is 17.5 Å². The van der Waals surface area contributed by atoms with Gasteiger partial charge in [-0.3, -0.25) is 0 Å². The Balaban J connectivity index is 2.20. The summed E-state index contributed by atoms with van der Waals surface area (Å²) in [4.78, 5) is 9.32. The molecule has 1 aliphatic rings. The van der Waals surface area contributed by atoms with Crippen LogP contribution in [0.25, 0.3) is 0 Å². The van der Waals surface area contributed by atoms with E-state index in [1.807, 2.05) is 13.1 Å². The highest BCUT2D eigenvalue weighted by atomic mass is 15.1. The van der Waals surface area contributed by atoms with Gasteiger partial charge in [-0.15, -0.1) is 0 Å². The van der Waals surface area contributed by atoms with Crippen molar-refractivity contribution in [2.75, 3.05) is 17.7 Å². The van der Waals surface area contributed by atoms with Gasteiger partial charge in [-0.05, 0) is 24.7 Å². The summed E-state index contributed by atoms with van der Waals surface area (Å²) in [5.41, 5.74) is -0.0451. The highest BCUT2D eigenvalue weighted by molar-refractivity contribution is 5.48. The van der Waals surface area contributed by atoms with E-state index in [-0.39, 0.29) is 5.41 Å². The lowest BCUT2D eigenvalue weighted by Gasteiger charge is -2.23. The van der Waals surface area contributed by atoms with Crippen molar-refractivity contribution in [2.24, 2.45) is 11.8 Å². The lowest BCUT2D eigenvalue weighted by atomic mass is 9.93. The number of hydrogen-bond acceptors (Lipinski definition) is 4. The molecule has 1 heterocycles. The average molecular weight is 290 g/mol. The summed E-state index contributed by atoms with van der Waals surface area (Å²) >= 11 is 0. The van der Waals surface area contributed by atoms with Gasteiger partial charge in [-0.25, -0.2) is 9.97 Å². The summed E-state index contributed by atoms with van der Waals surface area (Å²) in [7, 11) is 1.91. The fourth-order valence-electron chi connectivity index (χ4n) is 3.20. The Hall–Kier alpha value is -1.32. The molecule has 0 radical (unpaired) electrons. The number of rotatable bonds is 4. The van der Waals surface area contributed by atoms with Crippen LogP contribution in [0.5, 0.6) is 0 Å². The monoisotopic (exact) mass is 290 g/mol. The van der Waals surface area contributed by atoms with E-state index in [0.717, 1.165) is 23.4 Å². The molecule has 0 bridgehead atoms. The number of aromatic nitrogens is 2. The topological polar surface area (TPSA) is 49.8 Å². The molecular formula is C17H30N4. The summed E-state index contributed by atoms with van der Waals surface area (Å²) in [6.45, 7) is 11.1. The van der Waals surface area contributed by atoms with E-state index in [1.165, 1.54) is 19.3 Å². The van der Waals surface area contributed by atoms with E-state index in [9.17, 15) is 0 Å². The molecule has 0 aliphatic heterocycles. The Labute approximate surface area is 129 Å². The molecule has 1 saturated carbocycles. The Morgan fingerprint density at radius 2 is 1.86 bits per heavy atom. The van der Waals surface area contributed by atoms with Crippen molar-refractivity contribution < 1.29 is 0 Å². The Kier molecular flexibility index (Phi) is 4.74. The molecule has 0 amide bonds. The zero-order valence-corrected chi connectivity index (χ0v) is 14.3. The number of nitrogens with zero attached hydrogens (tertiary/aromatic N) is 2. The molecule has 1 aromatic rings. The highest BCUT2D eigenvalue weighted by Crippen LogP contribution is 2.35. The maximum absolute atomic E-state index is 4.74. The van der Waals surface area contributed by atoms with Crippen LogP contribution in [-0.4, -0.2) is 23.1 Å². The second-order valence-electron chi connectivity index (χ2n) is 7.32. The van der Waals surface area contributed by atoms with Crippen molar-refractivity contribution in [1.82, 2.24) is 9.97 Å². The second kappa shape index (κ2) is 6.20. The molecule has 118 valence electrons. The molecule has 2 rings (SSSR count). The average Bonchev–Trinajstić information content (AvgIpc) is 2.78. The van der Waals surface area contributed by atoms with Crippen LogP contribution in [0.15, 0.2) is 6.07 Å². The van der Waals surface area contributed by atoms with Crippen LogP contribution in [0, 0.1) is 11.8 Å². The van der Waals surface area contributed by atoms with Crippen LogP contribution in [0.4, 0.5) is 11.6 Å². The van der Waals surface area contributed by atoms with Gasteiger partial charge in [-0.1, -0.05) is 41.0 Å². The quantitative estimate of drug-likeness (QED) is 0.878. The van der Waals surface area contributed by atoms with Gasteiger partial charge in [0, 0.05) is 24.6 Å². The van der Waals surface area contributed by atoms with Crippen LogP contribution in [0.1, 0.15) is 59.7 Å². The van der Waals surface area contributed by atoms with Gasteiger partial charge in [0.25, 0.3) is 0 Å². The molecule has 1 fully saturated rings. The Bertz CT molecular complexity index is 478. The number of nitrogens with one attached hydrogen (secondary N) is 2. The van der Waals surface area contributed by atoms with Crippen molar-refractivity contribution in [3.05, 3.63) is 11.9 Å². The van der Waals surface area contributed by atoms with E-state index in [0.29, 0.717) is 12.0 Å². The molecule has 3 unspecified atom stereocenters. The minimum atomic E-state index is -0.0451. The van der Waals surface area contributed by atoms with E-state index < -0.39 is 0 Å². The van der Waals surface area contributed by atoms with Crippen LogP contribution < -0.4 is 10.6 Å². The molecule has 0 spiro atoms. The first-order valence-corrected chi connectivity index (χ1v) is 8.19. The Morgan fingerprint density at radius 3 is 2.38 bits per heavy atom. The van der Waals surface area contributed by atoms with Crippen molar-refractivity contribution in [1.29, 1.82) is 0 Å². The van der Waals surface area contributed by atoms with Crippen LogP contribution in [0.2, 0.25) is 0 Å². The van der Waals surface area contributed by atoms with Gasteiger partial charge < -0.3 is 10.6 Å². The molecule has 0 saturated heterocycles. The lowest BCUT2D eigenvalue weighted by molar-refractivity contribution is 0.391. The summed E-state index contributed by atoms with van der Waals surface area (Å²) in [6, 6.07) is 2.55. The predicted octanol–water partition coefficient (Wildman–Crippen LogP) is 4.05. The molecule has 21 heavy (non-hydrogen) atoms. The van der Waals surface area contributed by atoms with E-state index in [4.69, 9.17) is 4.98 Å². The zero-order chi connectivity index (χ0) is 15.6. The molecule has 2 N–H and O–H groups in total. The molecule has 4 nitrogen and oxygen atoms in total. The fourth-order valence-corrected chi connectivity index (χ4v) is 3.20. The first-order chi connectivity index (χ1) is 9.85. The third kappa shape index (κ3) is 3.66. The van der Waals surface area contributed by atoms with Crippen LogP contribution in [0.3, 0.4) is 0 Å².